The molecule has 0 bridgehead atoms. The van der Waals surface area contributed by atoms with E-state index in [1.807, 2.05) is 48.7 Å². The van der Waals surface area contributed by atoms with Crippen molar-refractivity contribution >= 4 is 35.8 Å². The Morgan fingerprint density at radius 3 is 2.46 bits per heavy atom. The zero-order chi connectivity index (χ0) is 18.9. The number of aliphatic imine (C=N–C) groups is 1. The number of hydrogen-bond acceptors (Lipinski definition) is 4. The number of nitrogens with one attached hydrogen (secondary N) is 1. The van der Waals surface area contributed by atoms with Gasteiger partial charge >= 0.3 is 0 Å². The second-order valence-electron chi connectivity index (χ2n) is 6.60. The summed E-state index contributed by atoms with van der Waals surface area (Å²) in [4.78, 5) is 13.9. The van der Waals surface area contributed by atoms with Gasteiger partial charge in [0.15, 0.2) is 5.96 Å². The Balaban J connectivity index is 0.00000280. The average Bonchev–Trinajstić information content (AvgIpc) is 2.73. The van der Waals surface area contributed by atoms with Gasteiger partial charge in [0.05, 0.1) is 6.54 Å². The van der Waals surface area contributed by atoms with Gasteiger partial charge in [-0.2, -0.15) is 0 Å². The molecular formula is C21H30IN5O. The first-order chi connectivity index (χ1) is 13.3. The lowest BCUT2D eigenvalue weighted by Gasteiger charge is -2.37. The lowest BCUT2D eigenvalue weighted by atomic mass is 10.3. The maximum atomic E-state index is 5.94. The number of aromatic nitrogens is 1. The van der Waals surface area contributed by atoms with Gasteiger partial charge in [0.25, 0.3) is 0 Å². The SMILES string of the molecule is CCNC(=NCC(C)Oc1ccccc1)N1CCN(c2ccccn2)CC1.I. The van der Waals surface area contributed by atoms with E-state index in [-0.39, 0.29) is 30.1 Å². The van der Waals surface area contributed by atoms with Gasteiger partial charge < -0.3 is 19.9 Å². The Hall–Kier alpha value is -2.03. The fourth-order valence-corrected chi connectivity index (χ4v) is 3.10. The summed E-state index contributed by atoms with van der Waals surface area (Å²) in [6, 6.07) is 16.0. The molecule has 1 aliphatic rings. The lowest BCUT2D eigenvalue weighted by Crippen LogP contribution is -2.53. The number of guanidine groups is 1. The fourth-order valence-electron chi connectivity index (χ4n) is 3.10. The molecule has 7 heteroatoms. The molecule has 152 valence electrons. The second kappa shape index (κ2) is 11.7. The molecule has 3 rings (SSSR count). The Morgan fingerprint density at radius 2 is 1.82 bits per heavy atom. The van der Waals surface area contributed by atoms with Crippen molar-refractivity contribution in [3.63, 3.8) is 0 Å². The summed E-state index contributed by atoms with van der Waals surface area (Å²) in [6.07, 6.45) is 1.87. The van der Waals surface area contributed by atoms with Crippen LogP contribution < -0.4 is 15.0 Å². The fraction of sp³-hybridized carbons (Fsp3) is 0.429. The van der Waals surface area contributed by atoms with Gasteiger partial charge in [-0.3, -0.25) is 0 Å². The first-order valence-electron chi connectivity index (χ1n) is 9.67. The first-order valence-corrected chi connectivity index (χ1v) is 9.67. The van der Waals surface area contributed by atoms with E-state index in [0.29, 0.717) is 6.54 Å². The van der Waals surface area contributed by atoms with E-state index in [2.05, 4.69) is 40.0 Å². The van der Waals surface area contributed by atoms with Gasteiger partial charge in [-0.15, -0.1) is 24.0 Å². The molecule has 1 aromatic heterocycles. The third-order valence-corrected chi connectivity index (χ3v) is 4.47. The van der Waals surface area contributed by atoms with E-state index in [9.17, 15) is 0 Å². The van der Waals surface area contributed by atoms with Gasteiger partial charge in [0.2, 0.25) is 0 Å². The van der Waals surface area contributed by atoms with Crippen LogP contribution in [0.4, 0.5) is 5.82 Å². The van der Waals surface area contributed by atoms with Crippen molar-refractivity contribution in [1.29, 1.82) is 0 Å². The number of piperazine rings is 1. The maximum Gasteiger partial charge on any atom is 0.194 e. The third-order valence-electron chi connectivity index (χ3n) is 4.47. The number of nitrogens with zero attached hydrogens (tertiary/aromatic N) is 4. The molecular weight excluding hydrogens is 465 g/mol. The first kappa shape index (κ1) is 22.3. The Bertz CT molecular complexity index is 705. The zero-order valence-electron chi connectivity index (χ0n) is 16.6. The molecule has 2 heterocycles. The molecule has 6 nitrogen and oxygen atoms in total. The van der Waals surface area contributed by atoms with Crippen LogP contribution >= 0.6 is 24.0 Å². The highest BCUT2D eigenvalue weighted by Gasteiger charge is 2.20. The molecule has 0 saturated carbocycles. The number of anilines is 1. The largest absolute Gasteiger partial charge is 0.489 e. The average molecular weight is 495 g/mol. The summed E-state index contributed by atoms with van der Waals surface area (Å²) in [5.41, 5.74) is 0. The van der Waals surface area contributed by atoms with E-state index >= 15 is 0 Å². The number of pyridine rings is 1. The minimum Gasteiger partial charge on any atom is -0.489 e. The quantitative estimate of drug-likeness (QED) is 0.379. The predicted molar refractivity (Wildman–Crippen MR) is 126 cm³/mol. The summed E-state index contributed by atoms with van der Waals surface area (Å²) in [5.74, 6) is 2.89. The van der Waals surface area contributed by atoms with Crippen LogP contribution in [0.2, 0.25) is 0 Å². The molecule has 0 spiro atoms. The van der Waals surface area contributed by atoms with Crippen molar-refractivity contribution in [2.75, 3.05) is 44.2 Å². The van der Waals surface area contributed by atoms with Crippen LogP contribution in [0.3, 0.4) is 0 Å². The Labute approximate surface area is 185 Å². The number of hydrogen-bond donors (Lipinski definition) is 1. The molecule has 0 amide bonds. The van der Waals surface area contributed by atoms with Gasteiger partial charge in [-0.1, -0.05) is 24.3 Å². The van der Waals surface area contributed by atoms with Crippen molar-refractivity contribution in [2.45, 2.75) is 20.0 Å². The summed E-state index contributed by atoms with van der Waals surface area (Å²) in [6.45, 7) is 9.37. The highest BCUT2D eigenvalue weighted by molar-refractivity contribution is 14.0. The molecule has 1 fully saturated rings. The lowest BCUT2D eigenvalue weighted by molar-refractivity contribution is 0.229. The highest BCUT2D eigenvalue weighted by atomic mass is 127. The van der Waals surface area contributed by atoms with Crippen LogP contribution in [-0.2, 0) is 0 Å². The van der Waals surface area contributed by atoms with Crippen molar-refractivity contribution < 1.29 is 4.74 Å². The van der Waals surface area contributed by atoms with E-state index in [4.69, 9.17) is 9.73 Å². The monoisotopic (exact) mass is 495 g/mol. The molecule has 28 heavy (non-hydrogen) atoms. The number of rotatable bonds is 6. The minimum atomic E-state index is 0. The molecule has 1 aromatic carbocycles. The van der Waals surface area contributed by atoms with Crippen molar-refractivity contribution in [2.24, 2.45) is 4.99 Å². The normalized spacial score (nSPS) is 15.6. The van der Waals surface area contributed by atoms with Crippen molar-refractivity contribution in [3.05, 3.63) is 54.7 Å². The van der Waals surface area contributed by atoms with Crippen molar-refractivity contribution in [3.8, 4) is 5.75 Å². The van der Waals surface area contributed by atoms with Gasteiger partial charge in [0, 0.05) is 38.9 Å². The Kier molecular flexibility index (Phi) is 9.33. The van der Waals surface area contributed by atoms with Crippen LogP contribution in [0.1, 0.15) is 13.8 Å². The molecule has 0 aliphatic carbocycles. The molecule has 0 radical (unpaired) electrons. The van der Waals surface area contributed by atoms with Crippen LogP contribution in [0, 0.1) is 0 Å². The van der Waals surface area contributed by atoms with Crippen LogP contribution in [-0.4, -0.2) is 61.2 Å². The number of para-hydroxylation sites is 1. The smallest absolute Gasteiger partial charge is 0.194 e. The van der Waals surface area contributed by atoms with Crippen LogP contribution in [0.25, 0.3) is 0 Å². The highest BCUT2D eigenvalue weighted by Crippen LogP contribution is 2.13. The minimum absolute atomic E-state index is 0. The predicted octanol–water partition coefficient (Wildman–Crippen LogP) is 3.25. The summed E-state index contributed by atoms with van der Waals surface area (Å²) in [5, 5.41) is 3.41. The Morgan fingerprint density at radius 1 is 1.11 bits per heavy atom. The van der Waals surface area contributed by atoms with E-state index in [1.54, 1.807) is 0 Å². The number of benzene rings is 1. The van der Waals surface area contributed by atoms with Gasteiger partial charge in [-0.25, -0.2) is 9.98 Å². The zero-order valence-corrected chi connectivity index (χ0v) is 19.0. The van der Waals surface area contributed by atoms with Gasteiger partial charge in [-0.05, 0) is 38.1 Å². The second-order valence-corrected chi connectivity index (χ2v) is 6.60. The van der Waals surface area contributed by atoms with Crippen LogP contribution in [0.15, 0.2) is 59.7 Å². The number of halogens is 1. The molecule has 2 aromatic rings. The van der Waals surface area contributed by atoms with E-state index in [0.717, 1.165) is 50.3 Å². The van der Waals surface area contributed by atoms with Crippen LogP contribution in [0.5, 0.6) is 5.75 Å². The molecule has 1 atom stereocenters. The topological polar surface area (TPSA) is 53.0 Å². The summed E-state index contributed by atoms with van der Waals surface area (Å²) < 4.78 is 5.94. The van der Waals surface area contributed by atoms with Crippen molar-refractivity contribution in [1.82, 2.24) is 15.2 Å². The summed E-state index contributed by atoms with van der Waals surface area (Å²) in [7, 11) is 0. The van der Waals surface area contributed by atoms with E-state index in [1.165, 1.54) is 0 Å². The summed E-state index contributed by atoms with van der Waals surface area (Å²) >= 11 is 0. The molecule has 1 N–H and O–H groups in total. The molecule has 1 unspecified atom stereocenters. The van der Waals surface area contributed by atoms with E-state index < -0.39 is 0 Å². The standard InChI is InChI=1S/C21H29N5O.HI/c1-3-22-21(24-17-18(2)27-19-9-5-4-6-10-19)26-15-13-25(14-16-26)20-11-7-8-12-23-20;/h4-12,18H,3,13-17H2,1-2H3,(H,22,24);1H. The molecule has 1 aliphatic heterocycles. The van der Waals surface area contributed by atoms with Gasteiger partial charge in [0.1, 0.15) is 17.7 Å². The third kappa shape index (κ3) is 6.54. The maximum absolute atomic E-state index is 5.94. The number of ether oxygens (including phenoxy) is 1. The molecule has 1 saturated heterocycles.